The molecule has 0 saturated heterocycles. The third kappa shape index (κ3) is 6.77. The molecule has 0 bridgehead atoms. The van der Waals surface area contributed by atoms with Crippen LogP contribution in [0.2, 0.25) is 0 Å². The molecule has 29 heavy (non-hydrogen) atoms. The van der Waals surface area contributed by atoms with E-state index in [0.717, 1.165) is 22.8 Å². The lowest BCUT2D eigenvalue weighted by Gasteiger charge is -2.10. The third-order valence-electron chi connectivity index (χ3n) is 4.08. The lowest BCUT2D eigenvalue weighted by atomic mass is 10.2. The van der Waals surface area contributed by atoms with Crippen molar-refractivity contribution in [2.45, 2.75) is 6.61 Å². The molecule has 0 heterocycles. The topological polar surface area (TPSA) is 68.8 Å². The number of anilines is 1. The van der Waals surface area contributed by atoms with E-state index in [4.69, 9.17) is 14.2 Å². The fourth-order valence-electron chi connectivity index (χ4n) is 2.56. The van der Waals surface area contributed by atoms with Gasteiger partial charge in [-0.3, -0.25) is 0 Å². The lowest BCUT2D eigenvalue weighted by Crippen LogP contribution is -2.32. The van der Waals surface area contributed by atoms with Gasteiger partial charge in [0.05, 0.1) is 13.7 Å². The van der Waals surface area contributed by atoms with E-state index in [1.165, 1.54) is 0 Å². The minimum atomic E-state index is -0.290. The fourth-order valence-corrected chi connectivity index (χ4v) is 2.56. The van der Waals surface area contributed by atoms with Gasteiger partial charge in [-0.15, -0.1) is 0 Å². The Balaban J connectivity index is 1.35. The maximum atomic E-state index is 12.0. The zero-order chi connectivity index (χ0) is 20.3. The van der Waals surface area contributed by atoms with Crippen molar-refractivity contribution in [2.24, 2.45) is 0 Å². The maximum absolute atomic E-state index is 12.0. The van der Waals surface area contributed by atoms with Crippen LogP contribution in [0.4, 0.5) is 10.5 Å². The summed E-state index contributed by atoms with van der Waals surface area (Å²) in [5, 5.41) is 5.53. The van der Waals surface area contributed by atoms with Crippen LogP contribution in [0, 0.1) is 0 Å². The molecular weight excluding hydrogens is 368 g/mol. The van der Waals surface area contributed by atoms with Gasteiger partial charge in [0, 0.05) is 5.69 Å². The summed E-state index contributed by atoms with van der Waals surface area (Å²) in [5.74, 6) is 2.23. The van der Waals surface area contributed by atoms with Gasteiger partial charge in [-0.1, -0.05) is 30.3 Å². The monoisotopic (exact) mass is 392 g/mol. The number of rotatable bonds is 9. The molecule has 3 rings (SSSR count). The van der Waals surface area contributed by atoms with Crippen LogP contribution in [0.1, 0.15) is 5.56 Å². The lowest BCUT2D eigenvalue weighted by molar-refractivity contribution is 0.247. The molecular formula is C23H24N2O4. The Morgan fingerprint density at radius 3 is 2.10 bits per heavy atom. The molecule has 0 spiro atoms. The van der Waals surface area contributed by atoms with Crippen molar-refractivity contribution < 1.29 is 19.0 Å². The van der Waals surface area contributed by atoms with Gasteiger partial charge in [0.1, 0.15) is 30.5 Å². The number of carbonyl (C=O) groups is 1. The highest BCUT2D eigenvalue weighted by atomic mass is 16.5. The summed E-state index contributed by atoms with van der Waals surface area (Å²) in [5.41, 5.74) is 1.79. The number of carbonyl (C=O) groups excluding carboxylic acids is 1. The fraction of sp³-hybridized carbons (Fsp3) is 0.174. The van der Waals surface area contributed by atoms with Gasteiger partial charge >= 0.3 is 6.03 Å². The van der Waals surface area contributed by atoms with Crippen molar-refractivity contribution in [3.63, 3.8) is 0 Å². The summed E-state index contributed by atoms with van der Waals surface area (Å²) in [6, 6.07) is 24.2. The van der Waals surface area contributed by atoms with Crippen LogP contribution >= 0.6 is 0 Å². The quantitative estimate of drug-likeness (QED) is 0.527. The van der Waals surface area contributed by atoms with E-state index in [1.54, 1.807) is 19.2 Å². The Hall–Kier alpha value is -3.67. The first kappa shape index (κ1) is 20.1. The molecule has 6 heteroatoms. The number of urea groups is 1. The van der Waals surface area contributed by atoms with Crippen molar-refractivity contribution in [3.8, 4) is 17.2 Å². The highest BCUT2D eigenvalue weighted by molar-refractivity contribution is 5.89. The van der Waals surface area contributed by atoms with Gasteiger partial charge in [-0.25, -0.2) is 4.79 Å². The van der Waals surface area contributed by atoms with Crippen LogP contribution in [0.5, 0.6) is 17.2 Å². The van der Waals surface area contributed by atoms with E-state index in [1.807, 2.05) is 66.7 Å². The molecule has 0 atom stereocenters. The largest absolute Gasteiger partial charge is 0.497 e. The van der Waals surface area contributed by atoms with Crippen LogP contribution in [0.15, 0.2) is 78.9 Å². The molecule has 0 aliphatic rings. The Bertz CT molecular complexity index is 881. The van der Waals surface area contributed by atoms with Crippen LogP contribution < -0.4 is 24.8 Å². The van der Waals surface area contributed by atoms with Gasteiger partial charge in [0.2, 0.25) is 0 Å². The van der Waals surface area contributed by atoms with Crippen molar-refractivity contribution >= 4 is 11.7 Å². The zero-order valence-corrected chi connectivity index (χ0v) is 16.3. The first-order chi connectivity index (χ1) is 14.2. The van der Waals surface area contributed by atoms with E-state index >= 15 is 0 Å². The summed E-state index contributed by atoms with van der Waals surface area (Å²) in [7, 11) is 1.61. The molecule has 2 N–H and O–H groups in total. The van der Waals surface area contributed by atoms with Crippen LogP contribution in [-0.4, -0.2) is 26.3 Å². The highest BCUT2D eigenvalue weighted by Gasteiger charge is 2.03. The number of amides is 2. The number of methoxy groups -OCH3 is 1. The minimum Gasteiger partial charge on any atom is -0.497 e. The molecule has 0 radical (unpaired) electrons. The SMILES string of the molecule is COc1ccc(OCCNC(=O)Nc2ccc(OCc3ccccc3)cc2)cc1. The molecule has 0 aliphatic carbocycles. The smallest absolute Gasteiger partial charge is 0.319 e. The van der Waals surface area contributed by atoms with Crippen LogP contribution in [0.3, 0.4) is 0 Å². The van der Waals surface area contributed by atoms with E-state index in [9.17, 15) is 4.79 Å². The summed E-state index contributed by atoms with van der Waals surface area (Å²) in [6.45, 7) is 1.25. The van der Waals surface area contributed by atoms with E-state index < -0.39 is 0 Å². The predicted molar refractivity (Wildman–Crippen MR) is 113 cm³/mol. The second-order valence-corrected chi connectivity index (χ2v) is 6.20. The first-order valence-corrected chi connectivity index (χ1v) is 9.31. The second-order valence-electron chi connectivity index (χ2n) is 6.20. The third-order valence-corrected chi connectivity index (χ3v) is 4.08. The second kappa shape index (κ2) is 10.6. The Morgan fingerprint density at radius 2 is 1.41 bits per heavy atom. The van der Waals surface area contributed by atoms with Gasteiger partial charge in [0.25, 0.3) is 0 Å². The average molecular weight is 392 g/mol. The number of nitrogens with one attached hydrogen (secondary N) is 2. The van der Waals surface area contributed by atoms with Gasteiger partial charge < -0.3 is 24.8 Å². The van der Waals surface area contributed by atoms with Crippen molar-refractivity contribution in [1.29, 1.82) is 0 Å². The van der Waals surface area contributed by atoms with Crippen LogP contribution in [0.25, 0.3) is 0 Å². The predicted octanol–water partition coefficient (Wildman–Crippen LogP) is 4.47. The first-order valence-electron chi connectivity index (χ1n) is 9.31. The Kier molecular flexibility index (Phi) is 7.34. The van der Waals surface area contributed by atoms with Gasteiger partial charge in [0.15, 0.2) is 0 Å². The minimum absolute atomic E-state index is 0.290. The number of benzene rings is 3. The molecule has 6 nitrogen and oxygen atoms in total. The average Bonchev–Trinajstić information content (AvgIpc) is 2.77. The van der Waals surface area contributed by atoms with Crippen molar-refractivity contribution in [3.05, 3.63) is 84.4 Å². The Morgan fingerprint density at radius 1 is 0.793 bits per heavy atom. The standard InChI is InChI=1S/C23H24N2O4/c1-27-20-11-13-21(14-12-20)28-16-15-24-23(26)25-19-7-9-22(10-8-19)29-17-18-5-3-2-4-6-18/h2-14H,15-17H2,1H3,(H2,24,25,26). The number of hydrogen-bond acceptors (Lipinski definition) is 4. The highest BCUT2D eigenvalue weighted by Crippen LogP contribution is 2.18. The van der Waals surface area contributed by atoms with Gasteiger partial charge in [-0.2, -0.15) is 0 Å². The zero-order valence-electron chi connectivity index (χ0n) is 16.3. The van der Waals surface area contributed by atoms with Crippen molar-refractivity contribution in [2.75, 3.05) is 25.6 Å². The van der Waals surface area contributed by atoms with Crippen LogP contribution in [-0.2, 0) is 6.61 Å². The summed E-state index contributed by atoms with van der Waals surface area (Å²) in [4.78, 5) is 12.0. The maximum Gasteiger partial charge on any atom is 0.319 e. The molecule has 0 unspecified atom stereocenters. The molecule has 0 saturated carbocycles. The molecule has 2 amide bonds. The molecule has 0 fully saturated rings. The summed E-state index contributed by atoms with van der Waals surface area (Å²) in [6.07, 6.45) is 0. The molecule has 3 aromatic rings. The number of ether oxygens (including phenoxy) is 3. The molecule has 0 aromatic heterocycles. The van der Waals surface area contributed by atoms with Crippen molar-refractivity contribution in [1.82, 2.24) is 5.32 Å². The van der Waals surface area contributed by atoms with E-state index in [-0.39, 0.29) is 6.03 Å². The Labute approximate surface area is 170 Å². The van der Waals surface area contributed by atoms with Gasteiger partial charge in [-0.05, 0) is 54.1 Å². The number of hydrogen-bond donors (Lipinski definition) is 2. The van der Waals surface area contributed by atoms with E-state index in [0.29, 0.717) is 25.4 Å². The molecule has 3 aromatic carbocycles. The summed E-state index contributed by atoms with van der Waals surface area (Å²) >= 11 is 0. The summed E-state index contributed by atoms with van der Waals surface area (Å²) < 4.78 is 16.4. The van der Waals surface area contributed by atoms with E-state index in [2.05, 4.69) is 10.6 Å². The molecule has 0 aliphatic heterocycles. The normalized spacial score (nSPS) is 10.1. The molecule has 150 valence electrons.